The summed E-state index contributed by atoms with van der Waals surface area (Å²) in [5.41, 5.74) is 2.42. The molecule has 6 nitrogen and oxygen atoms in total. The highest BCUT2D eigenvalue weighted by atomic mass is 16.3. The third kappa shape index (κ3) is 6.65. The number of carbonyl (C=O) groups excluding carboxylic acids is 2. The molecule has 0 spiro atoms. The molecule has 2 aromatic rings. The van der Waals surface area contributed by atoms with Gasteiger partial charge in [0.1, 0.15) is 11.3 Å². The van der Waals surface area contributed by atoms with Gasteiger partial charge in [0.2, 0.25) is 5.91 Å². The Morgan fingerprint density at radius 3 is 1.86 bits per heavy atom. The first-order valence-electron chi connectivity index (χ1n) is 13.4. The molecule has 1 saturated carbocycles. The van der Waals surface area contributed by atoms with Crippen LogP contribution < -0.4 is 15.5 Å². The van der Waals surface area contributed by atoms with Crippen molar-refractivity contribution in [2.45, 2.75) is 96.6 Å². The van der Waals surface area contributed by atoms with Crippen molar-refractivity contribution >= 4 is 17.5 Å². The fraction of sp³-hybridized carbons (Fsp3) is 0.548. The van der Waals surface area contributed by atoms with Crippen molar-refractivity contribution in [1.29, 1.82) is 0 Å². The number of phenolic OH excluding ortho intramolecular Hbond substituents is 1. The van der Waals surface area contributed by atoms with E-state index in [4.69, 9.17) is 0 Å². The number of hydrogen-bond donors (Lipinski definition) is 3. The van der Waals surface area contributed by atoms with E-state index in [1.165, 1.54) is 0 Å². The zero-order valence-corrected chi connectivity index (χ0v) is 23.9. The number of nitrogens with zero attached hydrogens (tertiary/aromatic N) is 1. The molecule has 0 heterocycles. The van der Waals surface area contributed by atoms with Gasteiger partial charge in [-0.25, -0.2) is 0 Å². The van der Waals surface area contributed by atoms with Gasteiger partial charge in [-0.1, -0.05) is 72.9 Å². The minimum Gasteiger partial charge on any atom is -0.507 e. The average Bonchev–Trinajstić information content (AvgIpc) is 2.81. The van der Waals surface area contributed by atoms with Crippen LogP contribution in [0.2, 0.25) is 0 Å². The third-order valence-electron chi connectivity index (χ3n) is 7.39. The number of rotatable bonds is 6. The van der Waals surface area contributed by atoms with E-state index >= 15 is 0 Å². The largest absolute Gasteiger partial charge is 0.507 e. The normalized spacial score (nSPS) is 15.7. The minimum atomic E-state index is -0.944. The minimum absolute atomic E-state index is 0.136. The van der Waals surface area contributed by atoms with Crippen LogP contribution in [0.4, 0.5) is 5.69 Å². The third-order valence-corrected chi connectivity index (χ3v) is 7.39. The first-order valence-corrected chi connectivity index (χ1v) is 13.4. The fourth-order valence-corrected chi connectivity index (χ4v) is 5.03. The Hall–Kier alpha value is -3.02. The lowest BCUT2D eigenvalue weighted by Crippen LogP contribution is -2.59. The maximum atomic E-state index is 13.7. The average molecular weight is 508 g/mol. The van der Waals surface area contributed by atoms with Crippen LogP contribution in [-0.4, -0.2) is 36.6 Å². The molecule has 0 aliphatic heterocycles. The van der Waals surface area contributed by atoms with Gasteiger partial charge in [-0.2, -0.15) is 0 Å². The molecule has 1 fully saturated rings. The predicted molar refractivity (Wildman–Crippen MR) is 151 cm³/mol. The molecule has 37 heavy (non-hydrogen) atoms. The fourth-order valence-electron chi connectivity index (χ4n) is 5.03. The van der Waals surface area contributed by atoms with E-state index in [0.29, 0.717) is 24.9 Å². The van der Waals surface area contributed by atoms with Gasteiger partial charge in [-0.15, -0.1) is 0 Å². The second kappa shape index (κ2) is 10.8. The zero-order chi connectivity index (χ0) is 27.6. The molecule has 0 unspecified atom stereocenters. The Labute approximate surface area is 222 Å². The molecule has 0 bridgehead atoms. The molecule has 3 N–H and O–H groups in total. The SMILES string of the molecule is CN(C)c1ccc(CNC(=O)C2(NC(=O)c3cc(C(C)(C)C)c(O)c(C(C)(C)C)c3)CCCCC2)cc1. The van der Waals surface area contributed by atoms with E-state index in [1.54, 1.807) is 12.1 Å². The van der Waals surface area contributed by atoms with Crippen LogP contribution in [0.3, 0.4) is 0 Å². The maximum Gasteiger partial charge on any atom is 0.252 e. The number of phenols is 1. The highest BCUT2D eigenvalue weighted by Gasteiger charge is 2.41. The van der Waals surface area contributed by atoms with Gasteiger partial charge < -0.3 is 20.6 Å². The summed E-state index contributed by atoms with van der Waals surface area (Å²) in [4.78, 5) is 29.3. The Morgan fingerprint density at radius 1 is 0.892 bits per heavy atom. The molecular weight excluding hydrogens is 462 g/mol. The van der Waals surface area contributed by atoms with Crippen molar-refractivity contribution in [2.24, 2.45) is 0 Å². The molecule has 0 saturated heterocycles. The predicted octanol–water partition coefficient (Wildman–Crippen LogP) is 5.80. The van der Waals surface area contributed by atoms with Gasteiger partial charge in [-0.3, -0.25) is 9.59 Å². The summed E-state index contributed by atoms with van der Waals surface area (Å²) in [5.74, 6) is -0.173. The molecule has 0 radical (unpaired) electrons. The molecule has 0 aromatic heterocycles. The van der Waals surface area contributed by atoms with Crippen molar-refractivity contribution in [3.05, 3.63) is 58.7 Å². The quantitative estimate of drug-likeness (QED) is 0.461. The van der Waals surface area contributed by atoms with Crippen LogP contribution >= 0.6 is 0 Å². The Bertz CT molecular complexity index is 1080. The summed E-state index contributed by atoms with van der Waals surface area (Å²) < 4.78 is 0. The molecule has 3 rings (SSSR count). The molecular formula is C31H45N3O3. The van der Waals surface area contributed by atoms with Crippen LogP contribution in [0.5, 0.6) is 5.75 Å². The summed E-state index contributed by atoms with van der Waals surface area (Å²) in [6, 6.07) is 11.6. The van der Waals surface area contributed by atoms with Crippen molar-refractivity contribution in [2.75, 3.05) is 19.0 Å². The standard InChI is InChI=1S/C31H45N3O3/c1-29(2,3)24-18-22(19-25(26(24)35)30(4,5)6)27(36)33-31(16-10-9-11-17-31)28(37)32-20-21-12-14-23(15-13-21)34(7)8/h12-15,18-19,35H,9-11,16-17,20H2,1-8H3,(H,32,37)(H,33,36). The number of nitrogens with one attached hydrogen (secondary N) is 2. The topological polar surface area (TPSA) is 81.7 Å². The Balaban J connectivity index is 1.87. The van der Waals surface area contributed by atoms with Crippen LogP contribution in [0.25, 0.3) is 0 Å². The molecule has 0 atom stereocenters. The Morgan fingerprint density at radius 2 is 1.41 bits per heavy atom. The lowest BCUT2D eigenvalue weighted by Gasteiger charge is -2.37. The van der Waals surface area contributed by atoms with E-state index in [-0.39, 0.29) is 28.4 Å². The number of hydrogen-bond acceptors (Lipinski definition) is 4. The molecule has 2 amide bonds. The van der Waals surface area contributed by atoms with Gasteiger partial charge in [0, 0.05) is 43.0 Å². The van der Waals surface area contributed by atoms with Gasteiger partial charge in [0.15, 0.2) is 0 Å². The summed E-state index contributed by atoms with van der Waals surface area (Å²) in [6.45, 7) is 12.6. The molecule has 1 aliphatic rings. The van der Waals surface area contributed by atoms with Crippen LogP contribution in [0.1, 0.15) is 101 Å². The lowest BCUT2D eigenvalue weighted by atomic mass is 9.78. The number of benzene rings is 2. The van der Waals surface area contributed by atoms with Gasteiger partial charge in [0.25, 0.3) is 5.91 Å². The van der Waals surface area contributed by atoms with E-state index in [0.717, 1.165) is 41.6 Å². The monoisotopic (exact) mass is 507 g/mol. The van der Waals surface area contributed by atoms with E-state index < -0.39 is 5.54 Å². The maximum absolute atomic E-state index is 13.7. The van der Waals surface area contributed by atoms with Gasteiger partial charge in [-0.05, 0) is 53.5 Å². The second-order valence-electron chi connectivity index (χ2n) is 12.8. The first-order chi connectivity index (χ1) is 17.1. The van der Waals surface area contributed by atoms with E-state index in [9.17, 15) is 14.7 Å². The van der Waals surface area contributed by atoms with E-state index in [2.05, 4.69) is 10.6 Å². The first kappa shape index (κ1) is 28.5. The zero-order valence-electron chi connectivity index (χ0n) is 23.9. The summed E-state index contributed by atoms with van der Waals surface area (Å²) >= 11 is 0. The van der Waals surface area contributed by atoms with Crippen molar-refractivity contribution in [3.8, 4) is 5.75 Å². The van der Waals surface area contributed by atoms with Gasteiger partial charge >= 0.3 is 0 Å². The van der Waals surface area contributed by atoms with E-state index in [1.807, 2.05) is 84.8 Å². The molecule has 6 heteroatoms. The summed E-state index contributed by atoms with van der Waals surface area (Å²) in [7, 11) is 3.99. The van der Waals surface area contributed by atoms with Gasteiger partial charge in [0.05, 0.1) is 0 Å². The molecule has 2 aromatic carbocycles. The van der Waals surface area contributed by atoms with Crippen LogP contribution in [0.15, 0.2) is 36.4 Å². The van der Waals surface area contributed by atoms with Crippen molar-refractivity contribution < 1.29 is 14.7 Å². The smallest absolute Gasteiger partial charge is 0.252 e. The summed E-state index contributed by atoms with van der Waals surface area (Å²) in [5, 5.41) is 17.3. The van der Waals surface area contributed by atoms with Crippen LogP contribution in [-0.2, 0) is 22.2 Å². The number of amides is 2. The number of anilines is 1. The molecule has 202 valence electrons. The number of aromatic hydroxyl groups is 1. The lowest BCUT2D eigenvalue weighted by molar-refractivity contribution is -0.128. The Kier molecular flexibility index (Phi) is 8.31. The van der Waals surface area contributed by atoms with Crippen molar-refractivity contribution in [3.63, 3.8) is 0 Å². The summed E-state index contributed by atoms with van der Waals surface area (Å²) in [6.07, 6.45) is 4.06. The highest BCUT2D eigenvalue weighted by Crippen LogP contribution is 2.40. The van der Waals surface area contributed by atoms with Crippen LogP contribution in [0, 0.1) is 0 Å². The second-order valence-corrected chi connectivity index (χ2v) is 12.8. The molecule has 1 aliphatic carbocycles. The van der Waals surface area contributed by atoms with Crippen molar-refractivity contribution in [1.82, 2.24) is 10.6 Å². The number of carbonyl (C=O) groups is 2. The highest BCUT2D eigenvalue weighted by molar-refractivity contribution is 6.00.